The third-order valence-electron chi connectivity index (χ3n) is 2.58. The van der Waals surface area contributed by atoms with Gasteiger partial charge in [0, 0.05) is 0 Å². The smallest absolute Gasteiger partial charge is 0.00464 e. The average molecular weight is 185 g/mol. The number of rotatable bonds is 3. The molecule has 1 nitrogen and oxygen atoms in total. The normalized spacial score (nSPS) is 17.8. The number of piperidine rings is 1. The first-order valence-electron chi connectivity index (χ1n) is 6.02. The van der Waals surface area contributed by atoms with Crippen molar-refractivity contribution in [2.24, 2.45) is 5.92 Å². The van der Waals surface area contributed by atoms with Crippen LogP contribution in [0.4, 0.5) is 0 Å². The molecule has 1 heteroatoms. The highest BCUT2D eigenvalue weighted by Crippen LogP contribution is 2.08. The topological polar surface area (TPSA) is 12.0 Å². The lowest BCUT2D eigenvalue weighted by molar-refractivity contribution is 0.402. The van der Waals surface area contributed by atoms with E-state index in [2.05, 4.69) is 26.1 Å². The van der Waals surface area contributed by atoms with Crippen LogP contribution in [0.15, 0.2) is 0 Å². The van der Waals surface area contributed by atoms with E-state index >= 15 is 0 Å². The molecule has 0 aromatic rings. The summed E-state index contributed by atoms with van der Waals surface area (Å²) in [4.78, 5) is 0. The van der Waals surface area contributed by atoms with Crippen LogP contribution in [0.3, 0.4) is 0 Å². The van der Waals surface area contributed by atoms with E-state index in [9.17, 15) is 0 Å². The molecule has 0 radical (unpaired) electrons. The Morgan fingerprint density at radius 2 is 1.46 bits per heavy atom. The fraction of sp³-hybridized carbons (Fsp3) is 1.00. The fourth-order valence-electron chi connectivity index (χ4n) is 1.47. The maximum Gasteiger partial charge on any atom is -0.00464 e. The first-order chi connectivity index (χ1) is 6.31. The van der Waals surface area contributed by atoms with Crippen molar-refractivity contribution < 1.29 is 0 Å². The van der Waals surface area contributed by atoms with E-state index in [1.807, 2.05) is 0 Å². The molecule has 1 saturated heterocycles. The van der Waals surface area contributed by atoms with E-state index in [1.54, 1.807) is 0 Å². The Bertz CT molecular complexity index is 81.1. The molecule has 1 aliphatic heterocycles. The van der Waals surface area contributed by atoms with Gasteiger partial charge in [-0.3, -0.25) is 0 Å². The zero-order valence-corrected chi connectivity index (χ0v) is 9.73. The van der Waals surface area contributed by atoms with Gasteiger partial charge in [-0.05, 0) is 31.8 Å². The summed E-state index contributed by atoms with van der Waals surface area (Å²) in [5, 5.41) is 3.32. The SMILES string of the molecule is CC1CCNCC1.CCCCCC. The zero-order chi connectivity index (χ0) is 9.94. The molecule has 1 heterocycles. The fourth-order valence-corrected chi connectivity index (χ4v) is 1.47. The molecule has 0 aromatic carbocycles. The summed E-state index contributed by atoms with van der Waals surface area (Å²) in [5.74, 6) is 0.973. The second-order valence-electron chi connectivity index (χ2n) is 4.14. The predicted molar refractivity (Wildman–Crippen MR) is 61.1 cm³/mol. The first kappa shape index (κ1) is 13.0. The lowest BCUT2D eigenvalue weighted by atomic mass is 10.0. The van der Waals surface area contributed by atoms with Gasteiger partial charge in [-0.2, -0.15) is 0 Å². The molecule has 0 aliphatic carbocycles. The van der Waals surface area contributed by atoms with E-state index < -0.39 is 0 Å². The van der Waals surface area contributed by atoms with E-state index in [0.29, 0.717) is 0 Å². The molecule has 13 heavy (non-hydrogen) atoms. The van der Waals surface area contributed by atoms with E-state index in [0.717, 1.165) is 5.92 Å². The molecular formula is C12H27N. The largest absolute Gasteiger partial charge is 0.317 e. The van der Waals surface area contributed by atoms with Crippen molar-refractivity contribution in [2.75, 3.05) is 13.1 Å². The van der Waals surface area contributed by atoms with Gasteiger partial charge in [0.2, 0.25) is 0 Å². The molecule has 0 atom stereocenters. The molecule has 1 N–H and O–H groups in total. The number of hydrogen-bond acceptors (Lipinski definition) is 1. The van der Waals surface area contributed by atoms with E-state index in [-0.39, 0.29) is 0 Å². The molecular weight excluding hydrogens is 158 g/mol. The van der Waals surface area contributed by atoms with Crippen molar-refractivity contribution >= 4 is 0 Å². The predicted octanol–water partition coefficient (Wildman–Crippen LogP) is 3.59. The third-order valence-corrected chi connectivity index (χ3v) is 2.58. The Hall–Kier alpha value is -0.0400. The minimum Gasteiger partial charge on any atom is -0.317 e. The monoisotopic (exact) mass is 185 g/mol. The van der Waals surface area contributed by atoms with Crippen LogP contribution in [0.25, 0.3) is 0 Å². The molecule has 0 spiro atoms. The summed E-state index contributed by atoms with van der Waals surface area (Å²) in [6, 6.07) is 0. The second kappa shape index (κ2) is 10.0. The Labute approximate surface area is 84.3 Å². The molecule has 0 unspecified atom stereocenters. The van der Waals surface area contributed by atoms with Crippen LogP contribution >= 0.6 is 0 Å². The van der Waals surface area contributed by atoms with Crippen LogP contribution in [0.2, 0.25) is 0 Å². The van der Waals surface area contributed by atoms with Gasteiger partial charge in [-0.25, -0.2) is 0 Å². The second-order valence-corrected chi connectivity index (χ2v) is 4.14. The molecule has 0 amide bonds. The Morgan fingerprint density at radius 3 is 1.69 bits per heavy atom. The summed E-state index contributed by atoms with van der Waals surface area (Å²) >= 11 is 0. The minimum absolute atomic E-state index is 0.973. The van der Waals surface area contributed by atoms with E-state index in [1.165, 1.54) is 51.6 Å². The highest BCUT2D eigenvalue weighted by atomic mass is 14.9. The molecule has 1 aliphatic rings. The van der Waals surface area contributed by atoms with Gasteiger partial charge in [-0.15, -0.1) is 0 Å². The minimum atomic E-state index is 0.973. The summed E-state index contributed by atoms with van der Waals surface area (Å²) in [6.45, 7) is 9.26. The highest BCUT2D eigenvalue weighted by molar-refractivity contribution is 4.62. The van der Waals surface area contributed by atoms with Gasteiger partial charge in [-0.1, -0.05) is 46.5 Å². The van der Waals surface area contributed by atoms with Crippen LogP contribution in [0.5, 0.6) is 0 Å². The van der Waals surface area contributed by atoms with Crippen molar-refractivity contribution in [3.8, 4) is 0 Å². The molecule has 0 aromatic heterocycles. The molecule has 80 valence electrons. The number of unbranched alkanes of at least 4 members (excludes halogenated alkanes) is 3. The van der Waals surface area contributed by atoms with Gasteiger partial charge in [0.15, 0.2) is 0 Å². The molecule has 0 bridgehead atoms. The van der Waals surface area contributed by atoms with Gasteiger partial charge in [0.25, 0.3) is 0 Å². The maximum absolute atomic E-state index is 3.32. The van der Waals surface area contributed by atoms with Gasteiger partial charge in [0.1, 0.15) is 0 Å². The Morgan fingerprint density at radius 1 is 1.00 bits per heavy atom. The van der Waals surface area contributed by atoms with Gasteiger partial charge < -0.3 is 5.32 Å². The number of hydrogen-bond donors (Lipinski definition) is 1. The lowest BCUT2D eigenvalue weighted by Gasteiger charge is -2.17. The molecule has 1 rings (SSSR count). The maximum atomic E-state index is 3.32. The van der Waals surface area contributed by atoms with Crippen molar-refractivity contribution in [1.29, 1.82) is 0 Å². The van der Waals surface area contributed by atoms with Crippen LogP contribution in [0.1, 0.15) is 59.3 Å². The average Bonchev–Trinajstić information content (AvgIpc) is 2.17. The van der Waals surface area contributed by atoms with Crippen molar-refractivity contribution in [1.82, 2.24) is 5.32 Å². The molecule has 1 fully saturated rings. The van der Waals surface area contributed by atoms with Crippen LogP contribution in [0, 0.1) is 5.92 Å². The summed E-state index contributed by atoms with van der Waals surface area (Å²) in [5.41, 5.74) is 0. The Kier molecular flexibility index (Phi) is 10.0. The molecule has 0 saturated carbocycles. The Balaban J connectivity index is 0.000000226. The number of nitrogens with one attached hydrogen (secondary N) is 1. The van der Waals surface area contributed by atoms with Crippen LogP contribution in [-0.2, 0) is 0 Å². The van der Waals surface area contributed by atoms with Crippen molar-refractivity contribution in [2.45, 2.75) is 59.3 Å². The quantitative estimate of drug-likeness (QED) is 0.663. The summed E-state index contributed by atoms with van der Waals surface area (Å²) in [7, 11) is 0. The summed E-state index contributed by atoms with van der Waals surface area (Å²) < 4.78 is 0. The van der Waals surface area contributed by atoms with Crippen LogP contribution in [-0.4, -0.2) is 13.1 Å². The highest BCUT2D eigenvalue weighted by Gasteiger charge is 2.04. The zero-order valence-electron chi connectivity index (χ0n) is 9.73. The lowest BCUT2D eigenvalue weighted by Crippen LogP contribution is -2.26. The van der Waals surface area contributed by atoms with Crippen LogP contribution < -0.4 is 5.32 Å². The summed E-state index contributed by atoms with van der Waals surface area (Å²) in [6.07, 6.45) is 8.29. The first-order valence-corrected chi connectivity index (χ1v) is 6.02. The van der Waals surface area contributed by atoms with Crippen molar-refractivity contribution in [3.05, 3.63) is 0 Å². The standard InChI is InChI=1S/C6H13N.C6H14/c1-6-2-4-7-5-3-6;1-3-5-6-4-2/h6-7H,2-5H2,1H3;3-6H2,1-2H3. The van der Waals surface area contributed by atoms with Gasteiger partial charge >= 0.3 is 0 Å². The van der Waals surface area contributed by atoms with E-state index in [4.69, 9.17) is 0 Å². The van der Waals surface area contributed by atoms with Crippen molar-refractivity contribution in [3.63, 3.8) is 0 Å². The van der Waals surface area contributed by atoms with Gasteiger partial charge in [0.05, 0.1) is 0 Å². The third kappa shape index (κ3) is 9.88.